The van der Waals surface area contributed by atoms with Gasteiger partial charge in [-0.15, -0.1) is 0 Å². The van der Waals surface area contributed by atoms with Crippen LogP contribution >= 0.6 is 15.9 Å². The summed E-state index contributed by atoms with van der Waals surface area (Å²) in [5, 5.41) is 0. The lowest BCUT2D eigenvalue weighted by atomic mass is 10.1. The summed E-state index contributed by atoms with van der Waals surface area (Å²) < 4.78 is 30.1. The lowest BCUT2D eigenvalue weighted by Crippen LogP contribution is -2.13. The number of esters is 1. The molecule has 0 aliphatic carbocycles. The quantitative estimate of drug-likeness (QED) is 0.687. The van der Waals surface area contributed by atoms with Gasteiger partial charge in [0.2, 0.25) is 0 Å². The maximum atomic E-state index is 12.7. The fourth-order valence-corrected chi connectivity index (χ4v) is 1.59. The number of nitrogens with zero attached hydrogens (tertiary/aromatic N) is 1. The molecular weight excluding hydrogens is 286 g/mol. The predicted octanol–water partition coefficient (Wildman–Crippen LogP) is 2.54. The number of hydrogen-bond donors (Lipinski definition) is 1. The van der Waals surface area contributed by atoms with Crippen LogP contribution in [0.15, 0.2) is 10.7 Å². The maximum absolute atomic E-state index is 12.7. The number of nitrogen functional groups attached to an aromatic ring is 1. The average Bonchev–Trinajstić information content (AvgIpc) is 2.16. The van der Waals surface area contributed by atoms with Crippen LogP contribution in [0.5, 0.6) is 0 Å². The van der Waals surface area contributed by atoms with Crippen LogP contribution in [0.25, 0.3) is 0 Å². The van der Waals surface area contributed by atoms with Crippen LogP contribution in [-0.4, -0.2) is 17.6 Å². The number of rotatable bonds is 3. The van der Waals surface area contributed by atoms with Gasteiger partial charge in [-0.05, 0) is 28.9 Å². The summed E-state index contributed by atoms with van der Waals surface area (Å²) in [5.41, 5.74) is 4.55. The summed E-state index contributed by atoms with van der Waals surface area (Å²) in [6, 6.07) is 1.05. The Kier molecular flexibility index (Phi) is 4.17. The van der Waals surface area contributed by atoms with Crippen LogP contribution in [0.1, 0.15) is 29.3 Å². The molecule has 0 saturated heterocycles. The highest BCUT2D eigenvalue weighted by Crippen LogP contribution is 2.29. The van der Waals surface area contributed by atoms with Gasteiger partial charge in [0.1, 0.15) is 16.0 Å². The molecule has 0 bridgehead atoms. The van der Waals surface area contributed by atoms with Crippen LogP contribution in [0, 0.1) is 0 Å². The molecule has 1 aromatic rings. The van der Waals surface area contributed by atoms with Crippen molar-refractivity contribution < 1.29 is 18.3 Å². The van der Waals surface area contributed by atoms with Gasteiger partial charge in [0, 0.05) is 5.56 Å². The standard InChI is InChI=1S/C9H9BrF2N2O2/c1-2-16-9(15)6-4(7(11)12)3-5(10)14-8(6)13/h3,7H,2H2,1H3,(H2,13,14). The number of hydrogen-bond acceptors (Lipinski definition) is 4. The van der Waals surface area contributed by atoms with E-state index >= 15 is 0 Å². The Morgan fingerprint density at radius 2 is 2.31 bits per heavy atom. The van der Waals surface area contributed by atoms with Crippen molar-refractivity contribution in [2.45, 2.75) is 13.3 Å². The largest absolute Gasteiger partial charge is 0.462 e. The Bertz CT molecular complexity index is 413. The number of aromatic nitrogens is 1. The molecule has 0 unspecified atom stereocenters. The molecule has 1 heterocycles. The Balaban J connectivity index is 3.29. The van der Waals surface area contributed by atoms with Crippen LogP contribution in [0.4, 0.5) is 14.6 Å². The van der Waals surface area contributed by atoms with Crippen molar-refractivity contribution in [1.29, 1.82) is 0 Å². The van der Waals surface area contributed by atoms with Crippen LogP contribution in [-0.2, 0) is 4.74 Å². The topological polar surface area (TPSA) is 65.2 Å². The molecule has 0 spiro atoms. The van der Waals surface area contributed by atoms with Gasteiger partial charge in [0.25, 0.3) is 6.43 Å². The summed E-state index contributed by atoms with van der Waals surface area (Å²) in [6.45, 7) is 1.65. The van der Waals surface area contributed by atoms with E-state index in [9.17, 15) is 13.6 Å². The number of halogens is 3. The number of ether oxygens (including phenoxy) is 1. The van der Waals surface area contributed by atoms with E-state index in [1.807, 2.05) is 0 Å². The molecule has 2 N–H and O–H groups in total. The molecule has 1 rings (SSSR count). The molecule has 0 radical (unpaired) electrons. The fraction of sp³-hybridized carbons (Fsp3) is 0.333. The zero-order valence-corrected chi connectivity index (χ0v) is 9.92. The van der Waals surface area contributed by atoms with Crippen molar-refractivity contribution in [2.75, 3.05) is 12.3 Å². The minimum Gasteiger partial charge on any atom is -0.462 e. The van der Waals surface area contributed by atoms with Gasteiger partial charge >= 0.3 is 5.97 Å². The van der Waals surface area contributed by atoms with Gasteiger partial charge in [-0.3, -0.25) is 0 Å². The molecule has 0 amide bonds. The summed E-state index contributed by atoms with van der Waals surface area (Å²) in [6.07, 6.45) is -2.82. The molecule has 0 saturated carbocycles. The zero-order chi connectivity index (χ0) is 12.3. The first-order valence-electron chi connectivity index (χ1n) is 4.38. The van der Waals surface area contributed by atoms with Gasteiger partial charge in [0.15, 0.2) is 0 Å². The highest BCUT2D eigenvalue weighted by molar-refractivity contribution is 9.10. The van der Waals surface area contributed by atoms with E-state index < -0.39 is 18.0 Å². The molecule has 88 valence electrons. The number of anilines is 1. The number of alkyl halides is 2. The fourth-order valence-electron chi connectivity index (χ4n) is 1.15. The van der Waals surface area contributed by atoms with E-state index in [1.165, 1.54) is 0 Å². The van der Waals surface area contributed by atoms with Crippen molar-refractivity contribution in [3.8, 4) is 0 Å². The minimum absolute atomic E-state index is 0.0804. The number of carbonyl (C=O) groups is 1. The van der Waals surface area contributed by atoms with Crippen LogP contribution in [0.3, 0.4) is 0 Å². The van der Waals surface area contributed by atoms with Crippen molar-refractivity contribution in [3.05, 3.63) is 21.8 Å². The molecule has 0 aliphatic heterocycles. The highest BCUT2D eigenvalue weighted by Gasteiger charge is 2.23. The van der Waals surface area contributed by atoms with E-state index in [1.54, 1.807) is 6.92 Å². The summed E-state index contributed by atoms with van der Waals surface area (Å²) in [5.74, 6) is -1.17. The predicted molar refractivity (Wildman–Crippen MR) is 57.3 cm³/mol. The van der Waals surface area contributed by atoms with E-state index in [4.69, 9.17) is 5.73 Å². The third kappa shape index (κ3) is 2.66. The monoisotopic (exact) mass is 294 g/mol. The molecular formula is C9H9BrF2N2O2. The second-order valence-electron chi connectivity index (χ2n) is 2.82. The summed E-state index contributed by atoms with van der Waals surface area (Å²) in [7, 11) is 0. The third-order valence-corrected chi connectivity index (χ3v) is 2.17. The Morgan fingerprint density at radius 3 is 2.81 bits per heavy atom. The van der Waals surface area contributed by atoms with Gasteiger partial charge < -0.3 is 10.5 Å². The van der Waals surface area contributed by atoms with Gasteiger partial charge in [-0.2, -0.15) is 0 Å². The van der Waals surface area contributed by atoms with E-state index in [0.29, 0.717) is 0 Å². The normalized spacial score (nSPS) is 10.6. The zero-order valence-electron chi connectivity index (χ0n) is 8.34. The molecule has 0 aliphatic rings. The lowest BCUT2D eigenvalue weighted by molar-refractivity contribution is 0.0516. The molecule has 0 fully saturated rings. The summed E-state index contributed by atoms with van der Waals surface area (Å²) in [4.78, 5) is 15.1. The minimum atomic E-state index is -2.82. The van der Waals surface area contributed by atoms with Crippen molar-refractivity contribution >= 4 is 27.7 Å². The lowest BCUT2D eigenvalue weighted by Gasteiger charge is -2.10. The smallest absolute Gasteiger partial charge is 0.342 e. The number of nitrogens with two attached hydrogens (primary N) is 1. The van der Waals surface area contributed by atoms with E-state index in [0.717, 1.165) is 6.07 Å². The van der Waals surface area contributed by atoms with Crippen LogP contribution < -0.4 is 5.73 Å². The highest BCUT2D eigenvalue weighted by atomic mass is 79.9. The molecule has 1 aromatic heterocycles. The summed E-state index contributed by atoms with van der Waals surface area (Å²) >= 11 is 2.93. The van der Waals surface area contributed by atoms with E-state index in [2.05, 4.69) is 25.7 Å². The Morgan fingerprint density at radius 1 is 1.69 bits per heavy atom. The number of pyridine rings is 1. The molecule has 7 heteroatoms. The first-order chi connectivity index (χ1) is 7.47. The Labute approximate surface area is 98.9 Å². The second kappa shape index (κ2) is 5.20. The molecule has 0 atom stereocenters. The SMILES string of the molecule is CCOC(=O)c1c(C(F)F)cc(Br)nc1N. The van der Waals surface area contributed by atoms with Crippen LogP contribution in [0.2, 0.25) is 0 Å². The molecule has 4 nitrogen and oxygen atoms in total. The van der Waals surface area contributed by atoms with Crippen molar-refractivity contribution in [3.63, 3.8) is 0 Å². The maximum Gasteiger partial charge on any atom is 0.342 e. The second-order valence-corrected chi connectivity index (χ2v) is 3.63. The third-order valence-electron chi connectivity index (χ3n) is 1.76. The van der Waals surface area contributed by atoms with Crippen molar-refractivity contribution in [2.24, 2.45) is 0 Å². The first-order valence-corrected chi connectivity index (χ1v) is 5.17. The average molecular weight is 295 g/mol. The van der Waals surface area contributed by atoms with Gasteiger partial charge in [-0.25, -0.2) is 18.6 Å². The molecule has 16 heavy (non-hydrogen) atoms. The first kappa shape index (κ1) is 12.8. The number of carbonyl (C=O) groups excluding carboxylic acids is 1. The Hall–Kier alpha value is -1.24. The van der Waals surface area contributed by atoms with Gasteiger partial charge in [-0.1, -0.05) is 0 Å². The van der Waals surface area contributed by atoms with Gasteiger partial charge in [0.05, 0.1) is 6.61 Å². The van der Waals surface area contributed by atoms with E-state index in [-0.39, 0.29) is 22.6 Å². The molecule has 0 aromatic carbocycles. The van der Waals surface area contributed by atoms with Crippen molar-refractivity contribution in [1.82, 2.24) is 4.98 Å².